The Morgan fingerprint density at radius 2 is 2.00 bits per heavy atom. The van der Waals surface area contributed by atoms with Crippen LogP contribution in [0, 0.1) is 0 Å². The van der Waals surface area contributed by atoms with Crippen LogP contribution >= 0.6 is 27.5 Å². The fraction of sp³-hybridized carbons (Fsp3) is 0.235. The minimum absolute atomic E-state index is 0.256. The third-order valence-electron chi connectivity index (χ3n) is 3.39. The summed E-state index contributed by atoms with van der Waals surface area (Å²) in [4.78, 5) is 12.3. The van der Waals surface area contributed by atoms with E-state index in [9.17, 15) is 4.79 Å². The van der Waals surface area contributed by atoms with Crippen LogP contribution in [0.5, 0.6) is 5.75 Å². The van der Waals surface area contributed by atoms with Crippen molar-refractivity contribution >= 4 is 33.4 Å². The number of halogens is 2. The Hall–Kier alpha value is -1.56. The minimum Gasteiger partial charge on any atom is -0.496 e. The summed E-state index contributed by atoms with van der Waals surface area (Å²) < 4.78 is 11.6. The number of methoxy groups -OCH3 is 2. The number of nitrogens with one attached hydrogen (secondary N) is 1. The van der Waals surface area contributed by atoms with Crippen LogP contribution in [-0.2, 0) is 4.74 Å². The highest BCUT2D eigenvalue weighted by atomic mass is 79.9. The lowest BCUT2D eigenvalue weighted by atomic mass is 10.1. The van der Waals surface area contributed by atoms with Crippen molar-refractivity contribution in [3.63, 3.8) is 0 Å². The van der Waals surface area contributed by atoms with Gasteiger partial charge in [-0.2, -0.15) is 0 Å². The van der Waals surface area contributed by atoms with Crippen molar-refractivity contribution in [2.45, 2.75) is 6.10 Å². The fourth-order valence-electron chi connectivity index (χ4n) is 2.20. The molecule has 1 unspecified atom stereocenters. The quantitative estimate of drug-likeness (QED) is 0.792. The van der Waals surface area contributed by atoms with E-state index >= 15 is 0 Å². The first-order valence-corrected chi connectivity index (χ1v) is 8.13. The molecule has 0 saturated carbocycles. The standard InChI is InChI=1S/C17H17BrClNO3/c1-22-15-6-4-3-5-12(15)16(23-2)10-20-17(21)13-9-11(18)7-8-14(13)19/h3-9,16H,10H2,1-2H3,(H,20,21). The molecule has 0 aliphatic rings. The van der Waals surface area contributed by atoms with Crippen molar-refractivity contribution in [1.82, 2.24) is 5.32 Å². The zero-order chi connectivity index (χ0) is 16.8. The van der Waals surface area contributed by atoms with Gasteiger partial charge in [0.05, 0.1) is 17.7 Å². The first kappa shape index (κ1) is 17.8. The van der Waals surface area contributed by atoms with Crippen molar-refractivity contribution in [3.05, 3.63) is 63.1 Å². The molecule has 0 aliphatic carbocycles. The van der Waals surface area contributed by atoms with Crippen LogP contribution in [0.15, 0.2) is 46.9 Å². The van der Waals surface area contributed by atoms with E-state index < -0.39 is 0 Å². The maximum Gasteiger partial charge on any atom is 0.252 e. The van der Waals surface area contributed by atoms with Crippen LogP contribution in [0.1, 0.15) is 22.0 Å². The number of ether oxygens (including phenoxy) is 2. The number of para-hydroxylation sites is 1. The second-order valence-corrected chi connectivity index (χ2v) is 6.12. The second-order valence-electron chi connectivity index (χ2n) is 4.80. The van der Waals surface area contributed by atoms with Gasteiger partial charge in [-0.25, -0.2) is 0 Å². The monoisotopic (exact) mass is 397 g/mol. The molecule has 0 spiro atoms. The molecule has 122 valence electrons. The molecule has 0 bridgehead atoms. The molecule has 0 radical (unpaired) electrons. The molecule has 0 aromatic heterocycles. The second kappa shape index (κ2) is 8.34. The Morgan fingerprint density at radius 1 is 1.26 bits per heavy atom. The smallest absolute Gasteiger partial charge is 0.252 e. The first-order chi connectivity index (χ1) is 11.1. The van der Waals surface area contributed by atoms with Crippen molar-refractivity contribution in [2.75, 3.05) is 20.8 Å². The van der Waals surface area contributed by atoms with E-state index in [1.54, 1.807) is 32.4 Å². The highest BCUT2D eigenvalue weighted by Crippen LogP contribution is 2.27. The fourth-order valence-corrected chi connectivity index (χ4v) is 2.77. The highest BCUT2D eigenvalue weighted by molar-refractivity contribution is 9.10. The molecule has 2 rings (SSSR count). The predicted molar refractivity (Wildman–Crippen MR) is 94.2 cm³/mol. The molecule has 0 aliphatic heterocycles. The Labute approximate surface area is 148 Å². The van der Waals surface area contributed by atoms with Crippen LogP contribution in [0.2, 0.25) is 5.02 Å². The number of amides is 1. The summed E-state index contributed by atoms with van der Waals surface area (Å²) in [5.41, 5.74) is 1.29. The summed E-state index contributed by atoms with van der Waals surface area (Å²) >= 11 is 9.41. The summed E-state index contributed by atoms with van der Waals surface area (Å²) in [5.74, 6) is 0.460. The molecule has 6 heteroatoms. The molecule has 2 aromatic rings. The van der Waals surface area contributed by atoms with E-state index in [4.69, 9.17) is 21.1 Å². The SMILES string of the molecule is COc1ccccc1C(CNC(=O)c1cc(Br)ccc1Cl)OC. The summed E-state index contributed by atoms with van der Waals surface area (Å²) in [7, 11) is 3.20. The van der Waals surface area contributed by atoms with Gasteiger partial charge < -0.3 is 14.8 Å². The largest absolute Gasteiger partial charge is 0.496 e. The molecule has 1 atom stereocenters. The lowest BCUT2D eigenvalue weighted by Crippen LogP contribution is -2.29. The molecule has 23 heavy (non-hydrogen) atoms. The number of carbonyl (C=O) groups is 1. The number of benzene rings is 2. The Balaban J connectivity index is 2.11. The van der Waals surface area contributed by atoms with Crippen LogP contribution in [0.3, 0.4) is 0 Å². The normalized spacial score (nSPS) is 11.8. The van der Waals surface area contributed by atoms with E-state index in [2.05, 4.69) is 21.2 Å². The van der Waals surface area contributed by atoms with E-state index in [0.29, 0.717) is 22.9 Å². The van der Waals surface area contributed by atoms with E-state index in [1.165, 1.54) is 0 Å². The molecule has 1 N–H and O–H groups in total. The predicted octanol–water partition coefficient (Wildman–Crippen LogP) is 4.23. The van der Waals surface area contributed by atoms with Crippen LogP contribution in [0.4, 0.5) is 0 Å². The maximum atomic E-state index is 12.3. The zero-order valence-corrected chi connectivity index (χ0v) is 15.1. The molecule has 0 fully saturated rings. The Bertz CT molecular complexity index is 693. The third kappa shape index (κ3) is 4.47. The van der Waals surface area contributed by atoms with E-state index in [0.717, 1.165) is 10.0 Å². The number of hydrogen-bond donors (Lipinski definition) is 1. The number of carbonyl (C=O) groups excluding carboxylic acids is 1. The average molecular weight is 399 g/mol. The van der Waals surface area contributed by atoms with Gasteiger partial charge in [-0.1, -0.05) is 45.7 Å². The molecular weight excluding hydrogens is 382 g/mol. The lowest BCUT2D eigenvalue weighted by molar-refractivity contribution is 0.0819. The van der Waals surface area contributed by atoms with Gasteiger partial charge >= 0.3 is 0 Å². The number of hydrogen-bond acceptors (Lipinski definition) is 3. The molecule has 0 heterocycles. The lowest BCUT2D eigenvalue weighted by Gasteiger charge is -2.19. The van der Waals surface area contributed by atoms with Crippen molar-refractivity contribution < 1.29 is 14.3 Å². The molecule has 4 nitrogen and oxygen atoms in total. The van der Waals surface area contributed by atoms with Gasteiger partial charge in [-0.15, -0.1) is 0 Å². The van der Waals surface area contributed by atoms with Gasteiger partial charge in [-0.3, -0.25) is 4.79 Å². The van der Waals surface area contributed by atoms with Crippen LogP contribution in [-0.4, -0.2) is 26.7 Å². The van der Waals surface area contributed by atoms with Gasteiger partial charge in [0.1, 0.15) is 11.9 Å². The van der Waals surface area contributed by atoms with Crippen molar-refractivity contribution in [2.24, 2.45) is 0 Å². The van der Waals surface area contributed by atoms with Crippen LogP contribution in [0.25, 0.3) is 0 Å². The molecular formula is C17H17BrClNO3. The number of rotatable bonds is 6. The zero-order valence-electron chi connectivity index (χ0n) is 12.8. The van der Waals surface area contributed by atoms with E-state index in [-0.39, 0.29) is 12.0 Å². The van der Waals surface area contributed by atoms with Gasteiger partial charge in [0, 0.05) is 23.7 Å². The summed E-state index contributed by atoms with van der Waals surface area (Å²) in [6, 6.07) is 12.7. The van der Waals surface area contributed by atoms with Gasteiger partial charge in [0.25, 0.3) is 5.91 Å². The van der Waals surface area contributed by atoms with Crippen molar-refractivity contribution in [1.29, 1.82) is 0 Å². The first-order valence-electron chi connectivity index (χ1n) is 6.95. The van der Waals surface area contributed by atoms with Gasteiger partial charge in [0.2, 0.25) is 0 Å². The van der Waals surface area contributed by atoms with Crippen LogP contribution < -0.4 is 10.1 Å². The van der Waals surface area contributed by atoms with Gasteiger partial charge in [0.15, 0.2) is 0 Å². The topological polar surface area (TPSA) is 47.6 Å². The minimum atomic E-state index is -0.318. The maximum absolute atomic E-state index is 12.3. The Morgan fingerprint density at radius 3 is 2.70 bits per heavy atom. The summed E-state index contributed by atoms with van der Waals surface area (Å²) in [5, 5.41) is 3.24. The summed E-state index contributed by atoms with van der Waals surface area (Å²) in [6.07, 6.45) is -0.318. The molecule has 1 amide bonds. The molecule has 2 aromatic carbocycles. The van der Waals surface area contributed by atoms with Gasteiger partial charge in [-0.05, 0) is 24.3 Å². The van der Waals surface area contributed by atoms with Crippen molar-refractivity contribution in [3.8, 4) is 5.75 Å². The summed E-state index contributed by atoms with van der Waals surface area (Å²) in [6.45, 7) is 0.304. The third-order valence-corrected chi connectivity index (χ3v) is 4.21. The average Bonchev–Trinajstić information content (AvgIpc) is 2.57. The van der Waals surface area contributed by atoms with E-state index in [1.807, 2.05) is 24.3 Å². The molecule has 0 saturated heterocycles. The highest BCUT2D eigenvalue weighted by Gasteiger charge is 2.18. The Kier molecular flexibility index (Phi) is 6.45.